The van der Waals surface area contributed by atoms with Gasteiger partial charge in [0.15, 0.2) is 6.04 Å². The third-order valence-electron chi connectivity index (χ3n) is 3.96. The summed E-state index contributed by atoms with van der Waals surface area (Å²) in [4.78, 5) is 59.5. The highest BCUT2D eigenvalue weighted by atomic mass is 16.4. The van der Waals surface area contributed by atoms with Crippen LogP contribution in [0.2, 0.25) is 0 Å². The van der Waals surface area contributed by atoms with E-state index in [1.807, 2.05) is 5.32 Å². The van der Waals surface area contributed by atoms with Gasteiger partial charge in [0.1, 0.15) is 18.1 Å². The number of rotatable bonds is 13. The Morgan fingerprint density at radius 2 is 1.40 bits per heavy atom. The minimum absolute atomic E-state index is 0.0681. The lowest BCUT2D eigenvalue weighted by Crippen LogP contribution is -2.59. The molecule has 0 bridgehead atoms. The van der Waals surface area contributed by atoms with Gasteiger partial charge in [-0.05, 0) is 19.3 Å². The molecule has 13 nitrogen and oxygen atoms in total. The molecule has 0 spiro atoms. The number of nitrogens with one attached hydrogen (secondary N) is 3. The first-order valence-electron chi connectivity index (χ1n) is 9.26. The minimum atomic E-state index is -1.68. The van der Waals surface area contributed by atoms with E-state index in [0.29, 0.717) is 0 Å². The Morgan fingerprint density at radius 3 is 1.80 bits per heavy atom. The highest BCUT2D eigenvalue weighted by molar-refractivity contribution is 5.96. The van der Waals surface area contributed by atoms with Crippen molar-refractivity contribution in [2.75, 3.05) is 6.61 Å². The summed E-state index contributed by atoms with van der Waals surface area (Å²) < 4.78 is 0. The molecule has 0 saturated carbocycles. The largest absolute Gasteiger partial charge is 0.480 e. The highest BCUT2D eigenvalue weighted by Gasteiger charge is 2.32. The topological polar surface area (TPSA) is 234 Å². The molecular formula is C17H31N5O8. The SMILES string of the molecule is CC(C)CC(NC(=O)C(N)CO)C(=O)NC(CC(N)=O)C(=O)NC(C(=O)O)C(C)O. The summed E-state index contributed by atoms with van der Waals surface area (Å²) in [7, 11) is 0. The molecule has 0 aromatic rings. The molecule has 0 aromatic heterocycles. The zero-order chi connectivity index (χ0) is 23.6. The lowest BCUT2D eigenvalue weighted by Gasteiger charge is -2.25. The van der Waals surface area contributed by atoms with Gasteiger partial charge in [-0.15, -0.1) is 0 Å². The van der Waals surface area contributed by atoms with E-state index in [9.17, 15) is 29.1 Å². The molecule has 0 aliphatic rings. The molecule has 0 aliphatic heterocycles. The maximum absolute atomic E-state index is 12.6. The van der Waals surface area contributed by atoms with Crippen molar-refractivity contribution >= 4 is 29.6 Å². The van der Waals surface area contributed by atoms with Crippen LogP contribution in [0.15, 0.2) is 0 Å². The van der Waals surface area contributed by atoms with Crippen LogP contribution in [0.5, 0.6) is 0 Å². The van der Waals surface area contributed by atoms with Gasteiger partial charge in [0.2, 0.25) is 23.6 Å². The predicted octanol–water partition coefficient (Wildman–Crippen LogP) is -3.85. The number of aliphatic hydroxyl groups excluding tert-OH is 2. The van der Waals surface area contributed by atoms with E-state index in [0.717, 1.165) is 6.92 Å². The van der Waals surface area contributed by atoms with Gasteiger partial charge in [0, 0.05) is 0 Å². The van der Waals surface area contributed by atoms with Crippen LogP contribution in [0, 0.1) is 5.92 Å². The zero-order valence-corrected chi connectivity index (χ0v) is 17.1. The first-order chi connectivity index (χ1) is 13.8. The maximum atomic E-state index is 12.6. The van der Waals surface area contributed by atoms with Crippen molar-refractivity contribution < 1.29 is 39.3 Å². The lowest BCUT2D eigenvalue weighted by molar-refractivity contribution is -0.145. The van der Waals surface area contributed by atoms with Gasteiger partial charge in [-0.3, -0.25) is 19.2 Å². The third kappa shape index (κ3) is 9.62. The summed E-state index contributed by atoms with van der Waals surface area (Å²) in [5.74, 6) is -5.24. The number of carbonyl (C=O) groups is 5. The second-order valence-corrected chi connectivity index (χ2v) is 7.28. The van der Waals surface area contributed by atoms with Gasteiger partial charge in [-0.2, -0.15) is 0 Å². The second kappa shape index (κ2) is 12.7. The van der Waals surface area contributed by atoms with Crippen molar-refractivity contribution in [3.05, 3.63) is 0 Å². The van der Waals surface area contributed by atoms with E-state index in [-0.39, 0.29) is 12.3 Å². The number of carboxylic acids is 1. The van der Waals surface area contributed by atoms with Crippen molar-refractivity contribution in [2.45, 2.75) is 63.9 Å². The van der Waals surface area contributed by atoms with E-state index in [1.54, 1.807) is 13.8 Å². The Hall–Kier alpha value is -2.77. The Morgan fingerprint density at radius 1 is 0.900 bits per heavy atom. The number of carboxylic acid groups (broad SMARTS) is 1. The molecule has 0 fully saturated rings. The predicted molar refractivity (Wildman–Crippen MR) is 103 cm³/mol. The quantitative estimate of drug-likeness (QED) is 0.142. The van der Waals surface area contributed by atoms with Crippen molar-refractivity contribution in [1.29, 1.82) is 0 Å². The Bertz CT molecular complexity index is 640. The Labute approximate surface area is 173 Å². The molecule has 5 atom stereocenters. The van der Waals surface area contributed by atoms with Gasteiger partial charge < -0.3 is 42.7 Å². The normalized spacial score (nSPS) is 16.0. The fraction of sp³-hybridized carbons (Fsp3) is 0.706. The number of hydrogen-bond acceptors (Lipinski definition) is 8. The van der Waals surface area contributed by atoms with Crippen LogP contribution >= 0.6 is 0 Å². The van der Waals surface area contributed by atoms with Crippen LogP contribution < -0.4 is 27.4 Å². The van der Waals surface area contributed by atoms with Gasteiger partial charge in [-0.25, -0.2) is 4.79 Å². The van der Waals surface area contributed by atoms with Crippen molar-refractivity contribution in [3.63, 3.8) is 0 Å². The van der Waals surface area contributed by atoms with Crippen molar-refractivity contribution in [1.82, 2.24) is 16.0 Å². The summed E-state index contributed by atoms with van der Waals surface area (Å²) in [6.07, 6.45) is -1.96. The first kappa shape index (κ1) is 27.2. The number of aliphatic carboxylic acids is 1. The van der Waals surface area contributed by atoms with Crippen molar-refractivity contribution in [3.8, 4) is 0 Å². The molecule has 5 unspecified atom stereocenters. The molecule has 172 valence electrons. The van der Waals surface area contributed by atoms with E-state index in [4.69, 9.17) is 21.7 Å². The van der Waals surface area contributed by atoms with Crippen LogP contribution in [0.1, 0.15) is 33.6 Å². The van der Waals surface area contributed by atoms with E-state index >= 15 is 0 Å². The van der Waals surface area contributed by atoms with Crippen LogP contribution in [-0.4, -0.2) is 81.8 Å². The Balaban J connectivity index is 5.48. The third-order valence-corrected chi connectivity index (χ3v) is 3.96. The molecule has 13 heteroatoms. The standard InChI is InChI=1S/C17H31N5O8/c1-7(2)4-10(20-14(26)9(18)6-23)15(27)21-11(5-12(19)25)16(28)22-13(8(3)24)17(29)30/h7-11,13,23-24H,4-6,18H2,1-3H3,(H2,19,25)(H,20,26)(H,21,27)(H,22,28)(H,29,30). The van der Waals surface area contributed by atoms with Crippen LogP contribution in [0.4, 0.5) is 0 Å². The molecule has 0 rings (SSSR count). The molecule has 4 amide bonds. The molecule has 0 saturated heterocycles. The molecule has 30 heavy (non-hydrogen) atoms. The fourth-order valence-electron chi connectivity index (χ4n) is 2.39. The molecule has 0 heterocycles. The number of amides is 4. The van der Waals surface area contributed by atoms with E-state index < -0.39 is 72.9 Å². The van der Waals surface area contributed by atoms with Gasteiger partial charge in [-0.1, -0.05) is 13.8 Å². The number of nitrogens with two attached hydrogens (primary N) is 2. The minimum Gasteiger partial charge on any atom is -0.480 e. The smallest absolute Gasteiger partial charge is 0.328 e. The number of aliphatic hydroxyl groups is 2. The maximum Gasteiger partial charge on any atom is 0.328 e. The highest BCUT2D eigenvalue weighted by Crippen LogP contribution is 2.07. The molecule has 10 N–H and O–H groups in total. The summed E-state index contributed by atoms with van der Waals surface area (Å²) in [5, 5.41) is 34.2. The summed E-state index contributed by atoms with van der Waals surface area (Å²) in [6, 6.07) is -5.64. The van der Waals surface area contributed by atoms with E-state index in [1.165, 1.54) is 0 Å². The first-order valence-corrected chi connectivity index (χ1v) is 9.26. The van der Waals surface area contributed by atoms with Gasteiger partial charge in [0.25, 0.3) is 0 Å². The second-order valence-electron chi connectivity index (χ2n) is 7.28. The fourth-order valence-corrected chi connectivity index (χ4v) is 2.39. The summed E-state index contributed by atoms with van der Waals surface area (Å²) in [5.41, 5.74) is 10.5. The van der Waals surface area contributed by atoms with Crippen molar-refractivity contribution in [2.24, 2.45) is 17.4 Å². The Kier molecular flexibility index (Phi) is 11.5. The summed E-state index contributed by atoms with van der Waals surface area (Å²) >= 11 is 0. The number of hydrogen-bond donors (Lipinski definition) is 8. The number of primary amides is 1. The molecular weight excluding hydrogens is 402 g/mol. The van der Waals surface area contributed by atoms with E-state index in [2.05, 4.69) is 10.6 Å². The van der Waals surface area contributed by atoms with Gasteiger partial charge >= 0.3 is 5.97 Å². The van der Waals surface area contributed by atoms with Crippen LogP contribution in [-0.2, 0) is 24.0 Å². The number of carbonyl (C=O) groups excluding carboxylic acids is 4. The molecule has 0 aliphatic carbocycles. The van der Waals surface area contributed by atoms with Gasteiger partial charge in [0.05, 0.1) is 19.1 Å². The monoisotopic (exact) mass is 433 g/mol. The average Bonchev–Trinajstić information content (AvgIpc) is 2.62. The van der Waals surface area contributed by atoms with Crippen LogP contribution in [0.3, 0.4) is 0 Å². The molecule has 0 aromatic carbocycles. The zero-order valence-electron chi connectivity index (χ0n) is 17.1. The van der Waals surface area contributed by atoms with Crippen LogP contribution in [0.25, 0.3) is 0 Å². The summed E-state index contributed by atoms with van der Waals surface area (Å²) in [6.45, 7) is 4.03. The molecule has 0 radical (unpaired) electrons. The lowest BCUT2D eigenvalue weighted by atomic mass is 10.0. The average molecular weight is 433 g/mol.